The monoisotopic (exact) mass is 345 g/mol. The summed E-state index contributed by atoms with van der Waals surface area (Å²) in [6.45, 7) is 2.41. The first kappa shape index (κ1) is 17.2. The molecule has 1 aromatic heterocycles. The Bertz CT molecular complexity index is 949. The van der Waals surface area contributed by atoms with Gasteiger partial charge in [-0.2, -0.15) is 5.26 Å². The Labute approximate surface area is 152 Å². The fourth-order valence-corrected chi connectivity index (χ4v) is 2.58. The number of hydrogen-bond acceptors (Lipinski definition) is 6. The molecule has 0 aliphatic carbocycles. The molecule has 26 heavy (non-hydrogen) atoms. The second-order valence-electron chi connectivity index (χ2n) is 5.63. The van der Waals surface area contributed by atoms with Gasteiger partial charge in [-0.3, -0.25) is 0 Å². The molecule has 0 saturated carbocycles. The van der Waals surface area contributed by atoms with Crippen molar-refractivity contribution in [3.05, 3.63) is 71.5 Å². The Morgan fingerprint density at radius 1 is 1.04 bits per heavy atom. The zero-order valence-corrected chi connectivity index (χ0v) is 14.7. The van der Waals surface area contributed by atoms with Gasteiger partial charge in [0.25, 0.3) is 0 Å². The molecule has 0 unspecified atom stereocenters. The first-order valence-electron chi connectivity index (χ1n) is 8.17. The Balaban J connectivity index is 1.79. The summed E-state index contributed by atoms with van der Waals surface area (Å²) in [4.78, 5) is 8.82. The molecule has 0 spiro atoms. The van der Waals surface area contributed by atoms with Gasteiger partial charge in [-0.05, 0) is 25.1 Å². The molecule has 0 atom stereocenters. The molecule has 6 heteroatoms. The number of nitrogens with zero attached hydrogens (tertiary/aromatic N) is 3. The molecular weight excluding hydrogens is 326 g/mol. The van der Waals surface area contributed by atoms with Gasteiger partial charge in [0.1, 0.15) is 29.3 Å². The highest BCUT2D eigenvalue weighted by Crippen LogP contribution is 2.22. The third-order valence-electron chi connectivity index (χ3n) is 3.80. The normalized spacial score (nSPS) is 10.0. The summed E-state index contributed by atoms with van der Waals surface area (Å²) in [6.07, 6.45) is 0. The van der Waals surface area contributed by atoms with Crippen LogP contribution in [-0.2, 0) is 6.54 Å². The summed E-state index contributed by atoms with van der Waals surface area (Å²) >= 11 is 0. The predicted octanol–water partition coefficient (Wildman–Crippen LogP) is 4.02. The Kier molecular flexibility index (Phi) is 5.30. The molecule has 0 radical (unpaired) electrons. The minimum absolute atomic E-state index is 0.562. The minimum atomic E-state index is 0.562. The lowest BCUT2D eigenvalue weighted by Gasteiger charge is -2.12. The molecule has 0 bridgehead atoms. The third kappa shape index (κ3) is 4.08. The van der Waals surface area contributed by atoms with Crippen LogP contribution in [0.3, 0.4) is 0 Å². The lowest BCUT2D eigenvalue weighted by atomic mass is 10.2. The summed E-state index contributed by atoms with van der Waals surface area (Å²) in [7, 11) is 1.66. The third-order valence-corrected chi connectivity index (χ3v) is 3.80. The van der Waals surface area contributed by atoms with E-state index in [2.05, 4.69) is 26.7 Å². The SMILES string of the molecule is COc1ccccc1CNc1cc(Nc2ccccc2C#N)nc(C)n1. The molecule has 3 rings (SSSR count). The number of benzene rings is 2. The number of rotatable bonds is 6. The van der Waals surface area contributed by atoms with E-state index in [1.165, 1.54) is 0 Å². The van der Waals surface area contributed by atoms with Crippen LogP contribution in [0, 0.1) is 18.3 Å². The van der Waals surface area contributed by atoms with Crippen molar-refractivity contribution in [3.8, 4) is 11.8 Å². The van der Waals surface area contributed by atoms with E-state index in [0.29, 0.717) is 35.3 Å². The van der Waals surface area contributed by atoms with Crippen molar-refractivity contribution in [3.63, 3.8) is 0 Å². The van der Waals surface area contributed by atoms with Crippen LogP contribution in [0.2, 0.25) is 0 Å². The summed E-state index contributed by atoms with van der Waals surface area (Å²) < 4.78 is 5.37. The van der Waals surface area contributed by atoms with Crippen molar-refractivity contribution in [2.24, 2.45) is 0 Å². The molecule has 0 aliphatic heterocycles. The Hall–Kier alpha value is -3.59. The van der Waals surface area contributed by atoms with Crippen LogP contribution in [0.5, 0.6) is 5.75 Å². The van der Waals surface area contributed by atoms with E-state index in [1.54, 1.807) is 13.2 Å². The highest BCUT2D eigenvalue weighted by atomic mass is 16.5. The zero-order valence-electron chi connectivity index (χ0n) is 14.7. The molecule has 2 N–H and O–H groups in total. The van der Waals surface area contributed by atoms with Crippen LogP contribution < -0.4 is 15.4 Å². The number of para-hydroxylation sites is 2. The van der Waals surface area contributed by atoms with Gasteiger partial charge in [0, 0.05) is 18.2 Å². The van der Waals surface area contributed by atoms with Crippen LogP contribution in [0.25, 0.3) is 0 Å². The smallest absolute Gasteiger partial charge is 0.136 e. The molecule has 3 aromatic rings. The zero-order chi connectivity index (χ0) is 18.4. The lowest BCUT2D eigenvalue weighted by Crippen LogP contribution is -2.06. The van der Waals surface area contributed by atoms with Gasteiger partial charge >= 0.3 is 0 Å². The number of aromatic nitrogens is 2. The van der Waals surface area contributed by atoms with Gasteiger partial charge in [-0.25, -0.2) is 9.97 Å². The lowest BCUT2D eigenvalue weighted by molar-refractivity contribution is 0.410. The van der Waals surface area contributed by atoms with Gasteiger partial charge in [0.2, 0.25) is 0 Å². The quantitative estimate of drug-likeness (QED) is 0.702. The van der Waals surface area contributed by atoms with E-state index in [-0.39, 0.29) is 0 Å². The Morgan fingerprint density at radius 2 is 1.77 bits per heavy atom. The van der Waals surface area contributed by atoms with E-state index in [0.717, 1.165) is 11.3 Å². The highest BCUT2D eigenvalue weighted by molar-refractivity contribution is 5.65. The average molecular weight is 345 g/mol. The first-order valence-corrected chi connectivity index (χ1v) is 8.17. The van der Waals surface area contributed by atoms with Gasteiger partial charge in [-0.15, -0.1) is 0 Å². The maximum atomic E-state index is 9.22. The van der Waals surface area contributed by atoms with Crippen molar-refractivity contribution in [1.29, 1.82) is 5.26 Å². The van der Waals surface area contributed by atoms with Crippen LogP contribution >= 0.6 is 0 Å². The van der Waals surface area contributed by atoms with Crippen LogP contribution in [0.1, 0.15) is 17.0 Å². The fourth-order valence-electron chi connectivity index (χ4n) is 2.58. The number of methoxy groups -OCH3 is 1. The number of aryl methyl sites for hydroxylation is 1. The van der Waals surface area contributed by atoms with Crippen molar-refractivity contribution in [2.75, 3.05) is 17.7 Å². The van der Waals surface area contributed by atoms with Crippen molar-refractivity contribution >= 4 is 17.3 Å². The van der Waals surface area contributed by atoms with Crippen LogP contribution in [0.15, 0.2) is 54.6 Å². The van der Waals surface area contributed by atoms with Crippen molar-refractivity contribution in [2.45, 2.75) is 13.5 Å². The number of nitrogens with one attached hydrogen (secondary N) is 2. The summed E-state index contributed by atoms with van der Waals surface area (Å²) in [5.41, 5.74) is 2.31. The molecule has 6 nitrogen and oxygen atoms in total. The molecule has 130 valence electrons. The molecule has 0 aliphatic rings. The predicted molar refractivity (Wildman–Crippen MR) is 102 cm³/mol. The standard InChI is InChI=1S/C20H19N5O/c1-14-23-19(22-13-16-8-4-6-10-18(16)26-2)11-20(24-14)25-17-9-5-3-7-15(17)12-21/h3-11H,13H2,1-2H3,(H2,22,23,24,25). The van der Waals surface area contributed by atoms with Crippen molar-refractivity contribution < 1.29 is 4.74 Å². The summed E-state index contributed by atoms with van der Waals surface area (Å²) in [5.74, 6) is 2.78. The van der Waals surface area contributed by atoms with Crippen LogP contribution in [-0.4, -0.2) is 17.1 Å². The maximum Gasteiger partial charge on any atom is 0.136 e. The molecule has 0 saturated heterocycles. The van der Waals surface area contributed by atoms with E-state index in [1.807, 2.05) is 55.5 Å². The first-order chi connectivity index (χ1) is 12.7. The number of ether oxygens (including phenoxy) is 1. The molecule has 0 amide bonds. The summed E-state index contributed by atoms with van der Waals surface area (Å²) in [6, 6.07) is 19.1. The summed E-state index contributed by atoms with van der Waals surface area (Å²) in [5, 5.41) is 15.7. The number of nitriles is 1. The van der Waals surface area contributed by atoms with Gasteiger partial charge in [0.15, 0.2) is 0 Å². The van der Waals surface area contributed by atoms with E-state index in [4.69, 9.17) is 4.74 Å². The van der Waals surface area contributed by atoms with Crippen LogP contribution in [0.4, 0.5) is 17.3 Å². The number of anilines is 3. The second-order valence-corrected chi connectivity index (χ2v) is 5.63. The van der Waals surface area contributed by atoms with E-state index in [9.17, 15) is 5.26 Å². The van der Waals surface area contributed by atoms with Gasteiger partial charge in [-0.1, -0.05) is 30.3 Å². The van der Waals surface area contributed by atoms with Crippen molar-refractivity contribution in [1.82, 2.24) is 9.97 Å². The molecule has 0 fully saturated rings. The Morgan fingerprint density at radius 3 is 2.58 bits per heavy atom. The average Bonchev–Trinajstić information content (AvgIpc) is 2.66. The van der Waals surface area contributed by atoms with Gasteiger partial charge < -0.3 is 15.4 Å². The topological polar surface area (TPSA) is 82.9 Å². The number of hydrogen-bond donors (Lipinski definition) is 2. The van der Waals surface area contributed by atoms with E-state index >= 15 is 0 Å². The largest absolute Gasteiger partial charge is 0.496 e. The molecule has 2 aromatic carbocycles. The molecule has 1 heterocycles. The maximum absolute atomic E-state index is 9.22. The second kappa shape index (κ2) is 7.99. The highest BCUT2D eigenvalue weighted by Gasteiger charge is 2.07. The van der Waals surface area contributed by atoms with E-state index < -0.39 is 0 Å². The van der Waals surface area contributed by atoms with Gasteiger partial charge in [0.05, 0.1) is 18.4 Å². The minimum Gasteiger partial charge on any atom is -0.496 e. The fraction of sp³-hybridized carbons (Fsp3) is 0.150. The molecular formula is C20H19N5O.